The van der Waals surface area contributed by atoms with Crippen LogP contribution in [0.5, 0.6) is 0 Å². The highest BCUT2D eigenvalue weighted by Gasteiger charge is 2.12. The largest absolute Gasteiger partial charge is 0.346 e. The smallest absolute Gasteiger partial charge is 0.186 e. The first kappa shape index (κ1) is 11.0. The van der Waals surface area contributed by atoms with E-state index in [4.69, 9.17) is 11.6 Å². The fourth-order valence-electron chi connectivity index (χ4n) is 1.25. The first-order valence-electron chi connectivity index (χ1n) is 3.93. The van der Waals surface area contributed by atoms with Gasteiger partial charge in [0.2, 0.25) is 0 Å². The summed E-state index contributed by atoms with van der Waals surface area (Å²) in [6, 6.07) is 0. The molecule has 2 rings (SSSR count). The first-order valence-corrected chi connectivity index (χ1v) is 5.13. The van der Waals surface area contributed by atoms with Crippen molar-refractivity contribution in [1.82, 2.24) is 10.3 Å². The quantitative estimate of drug-likeness (QED) is 0.808. The Kier molecular flexibility index (Phi) is 4.25. The van der Waals surface area contributed by atoms with Crippen molar-refractivity contribution in [2.24, 2.45) is 0 Å². The Morgan fingerprint density at radius 3 is 2.69 bits per heavy atom. The predicted octanol–water partition coefficient (Wildman–Crippen LogP) is 1.63. The zero-order valence-electron chi connectivity index (χ0n) is 6.99. The molecular formula is C7H11Cl2N3S. The Bertz CT molecular complexity index is 260. The minimum absolute atomic E-state index is 0. The minimum atomic E-state index is 0. The highest BCUT2D eigenvalue weighted by molar-refractivity contribution is 7.19. The summed E-state index contributed by atoms with van der Waals surface area (Å²) >= 11 is 7.34. The molecule has 1 aliphatic heterocycles. The second kappa shape index (κ2) is 5.00. The number of hydrogen-bond donors (Lipinski definition) is 1. The van der Waals surface area contributed by atoms with E-state index < -0.39 is 0 Å². The lowest BCUT2D eigenvalue weighted by Crippen LogP contribution is -2.43. The van der Waals surface area contributed by atoms with Crippen LogP contribution in [0.3, 0.4) is 0 Å². The van der Waals surface area contributed by atoms with Gasteiger partial charge < -0.3 is 10.2 Å². The first-order chi connectivity index (χ1) is 5.86. The van der Waals surface area contributed by atoms with Gasteiger partial charge in [0.1, 0.15) is 4.34 Å². The second-order valence-electron chi connectivity index (χ2n) is 2.68. The zero-order chi connectivity index (χ0) is 8.39. The van der Waals surface area contributed by atoms with Gasteiger partial charge in [0.15, 0.2) is 5.13 Å². The number of thiazole rings is 1. The van der Waals surface area contributed by atoms with Gasteiger partial charge in [-0.2, -0.15) is 0 Å². The maximum absolute atomic E-state index is 5.79. The van der Waals surface area contributed by atoms with Crippen molar-refractivity contribution in [2.45, 2.75) is 0 Å². The molecular weight excluding hydrogens is 229 g/mol. The van der Waals surface area contributed by atoms with Crippen molar-refractivity contribution >= 4 is 40.5 Å². The number of rotatable bonds is 1. The third-order valence-corrected chi connectivity index (χ3v) is 3.03. The number of halogens is 2. The number of aromatic nitrogens is 1. The van der Waals surface area contributed by atoms with Crippen molar-refractivity contribution in [2.75, 3.05) is 31.1 Å². The topological polar surface area (TPSA) is 28.2 Å². The van der Waals surface area contributed by atoms with E-state index in [1.54, 1.807) is 17.5 Å². The van der Waals surface area contributed by atoms with Crippen molar-refractivity contribution in [3.8, 4) is 0 Å². The standard InChI is InChI=1S/C7H10ClN3S.ClH/c8-6-5-10-7(12-6)11-3-1-9-2-4-11;/h5,9H,1-4H2;1H. The van der Waals surface area contributed by atoms with Crippen LogP contribution in [0.15, 0.2) is 6.20 Å². The molecule has 2 heterocycles. The van der Waals surface area contributed by atoms with Crippen LogP contribution in [0.25, 0.3) is 0 Å². The normalized spacial score (nSPS) is 16.8. The van der Waals surface area contributed by atoms with Crippen molar-refractivity contribution in [1.29, 1.82) is 0 Å². The van der Waals surface area contributed by atoms with E-state index in [2.05, 4.69) is 15.2 Å². The van der Waals surface area contributed by atoms with Crippen LogP contribution in [-0.2, 0) is 0 Å². The molecule has 1 aromatic heterocycles. The van der Waals surface area contributed by atoms with Crippen LogP contribution in [0, 0.1) is 0 Å². The second-order valence-corrected chi connectivity index (χ2v) is 4.32. The van der Waals surface area contributed by atoms with Gasteiger partial charge in [-0.1, -0.05) is 22.9 Å². The molecule has 6 heteroatoms. The van der Waals surface area contributed by atoms with Gasteiger partial charge in [-0.3, -0.25) is 0 Å². The van der Waals surface area contributed by atoms with Crippen molar-refractivity contribution < 1.29 is 0 Å². The van der Waals surface area contributed by atoms with Crippen LogP contribution in [0.1, 0.15) is 0 Å². The molecule has 0 atom stereocenters. The Hall–Kier alpha value is -0.0300. The van der Waals surface area contributed by atoms with Gasteiger partial charge in [0, 0.05) is 26.2 Å². The lowest BCUT2D eigenvalue weighted by Gasteiger charge is -2.26. The van der Waals surface area contributed by atoms with E-state index in [1.807, 2.05) is 0 Å². The van der Waals surface area contributed by atoms with E-state index in [9.17, 15) is 0 Å². The Morgan fingerprint density at radius 1 is 1.46 bits per heavy atom. The van der Waals surface area contributed by atoms with Crippen LogP contribution < -0.4 is 10.2 Å². The molecule has 3 nitrogen and oxygen atoms in total. The van der Waals surface area contributed by atoms with Gasteiger partial charge >= 0.3 is 0 Å². The van der Waals surface area contributed by atoms with Crippen LogP contribution in [0.4, 0.5) is 5.13 Å². The summed E-state index contributed by atoms with van der Waals surface area (Å²) in [5.41, 5.74) is 0. The highest BCUT2D eigenvalue weighted by atomic mass is 35.5. The molecule has 1 aromatic rings. The summed E-state index contributed by atoms with van der Waals surface area (Å²) in [4.78, 5) is 6.48. The van der Waals surface area contributed by atoms with Crippen LogP contribution in [0.2, 0.25) is 4.34 Å². The SMILES string of the molecule is Cl.Clc1cnc(N2CCNCC2)s1. The molecule has 0 unspecified atom stereocenters. The molecule has 1 aliphatic rings. The molecule has 1 N–H and O–H groups in total. The molecule has 0 radical (unpaired) electrons. The highest BCUT2D eigenvalue weighted by Crippen LogP contribution is 2.25. The fraction of sp³-hybridized carbons (Fsp3) is 0.571. The lowest BCUT2D eigenvalue weighted by molar-refractivity contribution is 0.588. The van der Waals surface area contributed by atoms with Crippen molar-refractivity contribution in [3.05, 3.63) is 10.5 Å². The monoisotopic (exact) mass is 239 g/mol. The van der Waals surface area contributed by atoms with Gasteiger partial charge in [-0.15, -0.1) is 12.4 Å². The zero-order valence-corrected chi connectivity index (χ0v) is 9.38. The van der Waals surface area contributed by atoms with E-state index >= 15 is 0 Å². The Morgan fingerprint density at radius 2 is 2.15 bits per heavy atom. The summed E-state index contributed by atoms with van der Waals surface area (Å²) in [5.74, 6) is 0. The molecule has 74 valence electrons. The van der Waals surface area contributed by atoms with Gasteiger partial charge in [0.05, 0.1) is 6.20 Å². The van der Waals surface area contributed by atoms with Crippen molar-refractivity contribution in [3.63, 3.8) is 0 Å². The number of anilines is 1. The summed E-state index contributed by atoms with van der Waals surface area (Å²) in [5, 5.41) is 4.34. The predicted molar refractivity (Wildman–Crippen MR) is 59.5 cm³/mol. The number of hydrogen-bond acceptors (Lipinski definition) is 4. The molecule has 1 fully saturated rings. The Labute approximate surface area is 92.5 Å². The summed E-state index contributed by atoms with van der Waals surface area (Å²) in [6.07, 6.45) is 1.71. The average molecular weight is 240 g/mol. The van der Waals surface area contributed by atoms with E-state index in [1.165, 1.54) is 0 Å². The molecule has 0 bridgehead atoms. The summed E-state index contributed by atoms with van der Waals surface area (Å²) in [6.45, 7) is 4.14. The molecule has 0 aromatic carbocycles. The summed E-state index contributed by atoms with van der Waals surface area (Å²) < 4.78 is 0.767. The number of piperazine rings is 1. The maximum atomic E-state index is 5.79. The van der Waals surface area contributed by atoms with E-state index in [0.717, 1.165) is 35.6 Å². The van der Waals surface area contributed by atoms with Crippen LogP contribution in [-0.4, -0.2) is 31.2 Å². The third kappa shape index (κ3) is 2.71. The maximum Gasteiger partial charge on any atom is 0.186 e. The molecule has 0 spiro atoms. The third-order valence-electron chi connectivity index (χ3n) is 1.85. The Balaban J connectivity index is 0.000000845. The molecule has 0 aliphatic carbocycles. The van der Waals surface area contributed by atoms with Gasteiger partial charge in [-0.25, -0.2) is 4.98 Å². The van der Waals surface area contributed by atoms with Gasteiger partial charge in [-0.05, 0) is 0 Å². The summed E-state index contributed by atoms with van der Waals surface area (Å²) in [7, 11) is 0. The molecule has 1 saturated heterocycles. The minimum Gasteiger partial charge on any atom is -0.346 e. The fourth-order valence-corrected chi connectivity index (χ4v) is 2.20. The van der Waals surface area contributed by atoms with Crippen LogP contribution >= 0.6 is 35.3 Å². The number of nitrogens with one attached hydrogen (secondary N) is 1. The van der Waals surface area contributed by atoms with E-state index in [0.29, 0.717) is 0 Å². The lowest BCUT2D eigenvalue weighted by atomic mass is 10.4. The number of nitrogens with zero attached hydrogens (tertiary/aromatic N) is 2. The molecule has 13 heavy (non-hydrogen) atoms. The average Bonchev–Trinajstić information content (AvgIpc) is 2.54. The van der Waals surface area contributed by atoms with Gasteiger partial charge in [0.25, 0.3) is 0 Å². The van der Waals surface area contributed by atoms with E-state index in [-0.39, 0.29) is 12.4 Å². The molecule has 0 saturated carbocycles. The molecule has 0 amide bonds.